The van der Waals surface area contributed by atoms with Crippen molar-refractivity contribution < 1.29 is 22.4 Å². The van der Waals surface area contributed by atoms with Crippen LogP contribution in [-0.2, 0) is 12.7 Å². The molecule has 2 atom stereocenters. The molecule has 0 aromatic carbocycles. The van der Waals surface area contributed by atoms with Crippen LogP contribution in [-0.4, -0.2) is 75.1 Å². The van der Waals surface area contributed by atoms with Crippen LogP contribution in [0.4, 0.5) is 28.3 Å². The minimum Gasteiger partial charge on any atom is -0.337 e. The number of amides is 2. The van der Waals surface area contributed by atoms with Crippen molar-refractivity contribution in [1.29, 1.82) is 0 Å². The molecule has 1 N–H and O–H groups in total. The molecular formula is C23H29F4N7O. The SMILES string of the molecule is C[C@@H]1CN(c2ncc(C(F)(F)F)cn2)C[C@H](C)N1C(=O)NC1CCN(Cc2cnccc2F)CC1. The fraction of sp³-hybridized carbons (Fsp3) is 0.565. The molecule has 4 rings (SSSR count). The molecule has 2 aromatic heterocycles. The van der Waals surface area contributed by atoms with E-state index in [4.69, 9.17) is 0 Å². The summed E-state index contributed by atoms with van der Waals surface area (Å²) in [6.45, 7) is 6.60. The number of halogens is 4. The minimum atomic E-state index is -4.49. The third-order valence-electron chi connectivity index (χ3n) is 6.56. The highest BCUT2D eigenvalue weighted by Gasteiger charge is 2.36. The summed E-state index contributed by atoms with van der Waals surface area (Å²) in [6.07, 6.45) is 1.57. The Labute approximate surface area is 201 Å². The van der Waals surface area contributed by atoms with E-state index >= 15 is 0 Å². The molecule has 4 heterocycles. The van der Waals surface area contributed by atoms with Crippen LogP contribution in [0, 0.1) is 5.82 Å². The summed E-state index contributed by atoms with van der Waals surface area (Å²) in [6, 6.07) is 0.855. The third-order valence-corrected chi connectivity index (χ3v) is 6.56. The highest BCUT2D eigenvalue weighted by atomic mass is 19.4. The van der Waals surface area contributed by atoms with E-state index in [9.17, 15) is 22.4 Å². The highest BCUT2D eigenvalue weighted by molar-refractivity contribution is 5.75. The Balaban J connectivity index is 1.28. The van der Waals surface area contributed by atoms with Crippen molar-refractivity contribution >= 4 is 12.0 Å². The summed E-state index contributed by atoms with van der Waals surface area (Å²) >= 11 is 0. The molecule has 2 aromatic rings. The maximum atomic E-state index is 13.9. The largest absolute Gasteiger partial charge is 0.419 e. The van der Waals surface area contributed by atoms with E-state index in [1.807, 2.05) is 13.8 Å². The molecule has 2 amide bonds. The van der Waals surface area contributed by atoms with Gasteiger partial charge in [-0.1, -0.05) is 0 Å². The summed E-state index contributed by atoms with van der Waals surface area (Å²) in [4.78, 5) is 30.6. The van der Waals surface area contributed by atoms with Gasteiger partial charge in [0.05, 0.1) is 5.56 Å². The van der Waals surface area contributed by atoms with Crippen LogP contribution < -0.4 is 10.2 Å². The maximum Gasteiger partial charge on any atom is 0.419 e. The second-order valence-corrected chi connectivity index (χ2v) is 9.25. The van der Waals surface area contributed by atoms with Gasteiger partial charge in [-0.2, -0.15) is 13.2 Å². The fourth-order valence-corrected chi connectivity index (χ4v) is 4.77. The van der Waals surface area contributed by atoms with Crippen LogP contribution in [0.3, 0.4) is 0 Å². The number of nitrogens with one attached hydrogen (secondary N) is 1. The van der Waals surface area contributed by atoms with Crippen molar-refractivity contribution in [2.24, 2.45) is 0 Å². The summed E-state index contributed by atoms with van der Waals surface area (Å²) in [7, 11) is 0. The number of likely N-dealkylation sites (tertiary alicyclic amines) is 1. The maximum absolute atomic E-state index is 13.9. The lowest BCUT2D eigenvalue weighted by atomic mass is 10.0. The number of nitrogens with zero attached hydrogens (tertiary/aromatic N) is 6. The van der Waals surface area contributed by atoms with Crippen molar-refractivity contribution in [1.82, 2.24) is 30.1 Å². The van der Waals surface area contributed by atoms with Crippen molar-refractivity contribution in [3.8, 4) is 0 Å². The molecule has 0 bridgehead atoms. The van der Waals surface area contributed by atoms with Gasteiger partial charge in [-0.3, -0.25) is 9.88 Å². The summed E-state index contributed by atoms with van der Waals surface area (Å²) < 4.78 is 52.3. The number of carbonyl (C=O) groups is 1. The average Bonchev–Trinajstić information content (AvgIpc) is 2.81. The number of alkyl halides is 3. The average molecular weight is 496 g/mol. The lowest BCUT2D eigenvalue weighted by molar-refractivity contribution is -0.138. The Hall–Kier alpha value is -3.02. The number of hydrogen-bond donors (Lipinski definition) is 1. The standard InChI is InChI=1S/C23H29F4N7O/c1-15-12-33(21-29-10-18(11-30-21)23(25,26)27)13-16(2)34(15)22(35)31-19-4-7-32(8-5-19)14-17-9-28-6-3-20(17)24/h3,6,9-11,15-16,19H,4-5,7-8,12-14H2,1-2H3,(H,31,35)/t15-,16+. The Morgan fingerprint density at radius 1 is 1.09 bits per heavy atom. The summed E-state index contributed by atoms with van der Waals surface area (Å²) in [5.41, 5.74) is -0.329. The minimum absolute atomic E-state index is 0.0215. The van der Waals surface area contributed by atoms with Crippen molar-refractivity contribution in [3.05, 3.63) is 47.8 Å². The van der Waals surface area contributed by atoms with E-state index in [0.29, 0.717) is 25.2 Å². The first-order valence-corrected chi connectivity index (χ1v) is 11.7. The Morgan fingerprint density at radius 2 is 1.71 bits per heavy atom. The van der Waals surface area contributed by atoms with Gasteiger partial charge in [0.1, 0.15) is 5.82 Å². The molecule has 2 aliphatic rings. The predicted molar refractivity (Wildman–Crippen MR) is 121 cm³/mol. The van der Waals surface area contributed by atoms with E-state index in [1.165, 1.54) is 12.3 Å². The smallest absolute Gasteiger partial charge is 0.337 e. The number of urea groups is 1. The molecule has 0 radical (unpaired) electrons. The Bertz CT molecular complexity index is 1000. The van der Waals surface area contributed by atoms with Gasteiger partial charge in [0.2, 0.25) is 5.95 Å². The Kier molecular flexibility index (Phi) is 7.39. The molecule has 190 valence electrons. The molecule has 2 aliphatic heterocycles. The number of piperidine rings is 1. The van der Waals surface area contributed by atoms with Gasteiger partial charge < -0.3 is 15.1 Å². The van der Waals surface area contributed by atoms with E-state index in [2.05, 4.69) is 25.2 Å². The lowest BCUT2D eigenvalue weighted by Crippen LogP contribution is -2.62. The van der Waals surface area contributed by atoms with Crippen LogP contribution in [0.2, 0.25) is 0 Å². The normalized spacial score (nSPS) is 22.3. The summed E-state index contributed by atoms with van der Waals surface area (Å²) in [5.74, 6) is -0.0478. The van der Waals surface area contributed by atoms with Crippen LogP contribution in [0.25, 0.3) is 0 Å². The van der Waals surface area contributed by atoms with Gasteiger partial charge in [0, 0.05) is 81.2 Å². The van der Waals surface area contributed by atoms with Crippen LogP contribution in [0.5, 0.6) is 0 Å². The first kappa shape index (κ1) is 25.1. The zero-order valence-electron chi connectivity index (χ0n) is 19.7. The van der Waals surface area contributed by atoms with Crippen LogP contribution in [0.1, 0.15) is 37.8 Å². The first-order valence-electron chi connectivity index (χ1n) is 11.7. The fourth-order valence-electron chi connectivity index (χ4n) is 4.77. The number of piperazine rings is 1. The van der Waals surface area contributed by atoms with Gasteiger partial charge >= 0.3 is 12.2 Å². The molecule has 0 saturated carbocycles. The quantitative estimate of drug-likeness (QED) is 0.656. The highest BCUT2D eigenvalue weighted by Crippen LogP contribution is 2.29. The number of rotatable bonds is 4. The number of hydrogen-bond acceptors (Lipinski definition) is 6. The van der Waals surface area contributed by atoms with Gasteiger partial charge in [0.15, 0.2) is 0 Å². The van der Waals surface area contributed by atoms with E-state index in [1.54, 1.807) is 16.0 Å². The van der Waals surface area contributed by atoms with Crippen molar-refractivity contribution in [2.45, 2.75) is 57.5 Å². The molecule has 35 heavy (non-hydrogen) atoms. The molecule has 0 spiro atoms. The second kappa shape index (κ2) is 10.3. The number of carbonyl (C=O) groups excluding carboxylic acids is 1. The molecule has 0 unspecified atom stereocenters. The van der Waals surface area contributed by atoms with E-state index in [-0.39, 0.29) is 35.9 Å². The van der Waals surface area contributed by atoms with Gasteiger partial charge in [-0.05, 0) is 32.8 Å². The molecule has 12 heteroatoms. The zero-order chi connectivity index (χ0) is 25.2. The van der Waals surface area contributed by atoms with E-state index in [0.717, 1.165) is 38.3 Å². The summed E-state index contributed by atoms with van der Waals surface area (Å²) in [5, 5.41) is 3.12. The van der Waals surface area contributed by atoms with Gasteiger partial charge in [-0.25, -0.2) is 19.2 Å². The number of aromatic nitrogens is 3. The molecule has 2 saturated heterocycles. The second-order valence-electron chi connectivity index (χ2n) is 9.25. The first-order chi connectivity index (χ1) is 16.6. The molecule has 0 aliphatic carbocycles. The zero-order valence-corrected chi connectivity index (χ0v) is 19.7. The molecular weight excluding hydrogens is 466 g/mol. The van der Waals surface area contributed by atoms with Gasteiger partial charge in [0.25, 0.3) is 0 Å². The lowest BCUT2D eigenvalue weighted by Gasteiger charge is -2.45. The van der Waals surface area contributed by atoms with Gasteiger partial charge in [-0.15, -0.1) is 0 Å². The van der Waals surface area contributed by atoms with Crippen molar-refractivity contribution in [3.63, 3.8) is 0 Å². The number of pyridine rings is 1. The van der Waals surface area contributed by atoms with Crippen molar-refractivity contribution in [2.75, 3.05) is 31.1 Å². The van der Waals surface area contributed by atoms with E-state index < -0.39 is 11.7 Å². The monoisotopic (exact) mass is 495 g/mol. The Morgan fingerprint density at radius 3 is 2.29 bits per heavy atom. The molecule has 2 fully saturated rings. The predicted octanol–water partition coefficient (Wildman–Crippen LogP) is 3.30. The van der Waals surface area contributed by atoms with Crippen LogP contribution in [0.15, 0.2) is 30.9 Å². The molecule has 8 nitrogen and oxygen atoms in total. The van der Waals surface area contributed by atoms with Crippen LogP contribution >= 0.6 is 0 Å². The topological polar surface area (TPSA) is 77.5 Å². The third kappa shape index (κ3) is 5.98. The number of anilines is 1.